The molecule has 3 aromatic carbocycles. The number of halogens is 1. The van der Waals surface area contributed by atoms with Crippen molar-refractivity contribution in [1.82, 2.24) is 5.01 Å². The van der Waals surface area contributed by atoms with Gasteiger partial charge in [0.15, 0.2) is 5.17 Å². The van der Waals surface area contributed by atoms with Gasteiger partial charge in [0, 0.05) is 23.6 Å². The van der Waals surface area contributed by atoms with Crippen molar-refractivity contribution in [3.8, 4) is 5.75 Å². The van der Waals surface area contributed by atoms with Gasteiger partial charge in [-0.3, -0.25) is 9.59 Å². The largest absolute Gasteiger partial charge is 0.497 e. The van der Waals surface area contributed by atoms with Crippen LogP contribution in [-0.4, -0.2) is 40.1 Å². The number of benzene rings is 3. The van der Waals surface area contributed by atoms with E-state index in [1.807, 2.05) is 79.7 Å². The molecule has 0 bridgehead atoms. The minimum atomic E-state index is -0.605. The third kappa shape index (κ3) is 5.70. The fourth-order valence-corrected chi connectivity index (χ4v) is 5.40. The molecule has 0 radical (unpaired) electrons. The van der Waals surface area contributed by atoms with Crippen LogP contribution in [0.3, 0.4) is 0 Å². The van der Waals surface area contributed by atoms with Crippen molar-refractivity contribution >= 4 is 51.7 Å². The quantitative estimate of drug-likeness (QED) is 0.431. The maximum Gasteiger partial charge on any atom is 0.262 e. The minimum Gasteiger partial charge on any atom is -0.497 e. The molecule has 0 unspecified atom stereocenters. The highest BCUT2D eigenvalue weighted by Gasteiger charge is 2.39. The summed E-state index contributed by atoms with van der Waals surface area (Å²) in [4.78, 5) is 29.8. The second-order valence-electron chi connectivity index (χ2n) is 8.85. The van der Waals surface area contributed by atoms with Crippen molar-refractivity contribution in [3.05, 3.63) is 94.5 Å². The average molecular weight is 533 g/mol. The number of amidine groups is 1. The normalized spacial score (nSPS) is 19.0. The number of carbonyl (C=O) groups is 2. The van der Waals surface area contributed by atoms with E-state index >= 15 is 0 Å². The van der Waals surface area contributed by atoms with Crippen molar-refractivity contribution in [2.75, 3.05) is 12.4 Å². The fourth-order valence-electron chi connectivity index (χ4n) is 4.21. The molecule has 0 saturated heterocycles. The lowest BCUT2D eigenvalue weighted by Gasteiger charge is -2.23. The van der Waals surface area contributed by atoms with E-state index in [1.54, 1.807) is 12.1 Å². The number of hydrogen-bond acceptors (Lipinski definition) is 6. The van der Waals surface area contributed by atoms with Crippen LogP contribution in [0.15, 0.2) is 82.9 Å². The van der Waals surface area contributed by atoms with E-state index in [-0.39, 0.29) is 24.3 Å². The van der Waals surface area contributed by atoms with Gasteiger partial charge in [0.2, 0.25) is 5.91 Å². The van der Waals surface area contributed by atoms with E-state index in [9.17, 15) is 9.59 Å². The van der Waals surface area contributed by atoms with Crippen LogP contribution in [0.4, 0.5) is 5.69 Å². The van der Waals surface area contributed by atoms with Crippen molar-refractivity contribution in [3.63, 3.8) is 0 Å². The summed E-state index contributed by atoms with van der Waals surface area (Å²) in [6.45, 7) is 1.98. The van der Waals surface area contributed by atoms with E-state index in [2.05, 4.69) is 10.3 Å². The number of amides is 2. The summed E-state index contributed by atoms with van der Waals surface area (Å²) >= 11 is 7.36. The molecule has 2 aliphatic heterocycles. The maximum absolute atomic E-state index is 12.8. The first-order valence-electron chi connectivity index (χ1n) is 11.8. The molecule has 3 aromatic rings. The smallest absolute Gasteiger partial charge is 0.262 e. The summed E-state index contributed by atoms with van der Waals surface area (Å²) in [5.74, 6) is 0.196. The Morgan fingerprint density at radius 2 is 1.78 bits per heavy atom. The molecule has 9 heteroatoms. The van der Waals surface area contributed by atoms with E-state index < -0.39 is 5.25 Å². The van der Waals surface area contributed by atoms with E-state index in [1.165, 1.54) is 11.8 Å². The zero-order valence-electron chi connectivity index (χ0n) is 20.3. The van der Waals surface area contributed by atoms with Crippen LogP contribution in [0.25, 0.3) is 0 Å². The molecular formula is C28H25ClN4O3S. The summed E-state index contributed by atoms with van der Waals surface area (Å²) in [7, 11) is 1.63. The summed E-state index contributed by atoms with van der Waals surface area (Å²) < 4.78 is 5.31. The van der Waals surface area contributed by atoms with Gasteiger partial charge >= 0.3 is 0 Å². The van der Waals surface area contributed by atoms with Crippen LogP contribution in [0.5, 0.6) is 5.75 Å². The highest BCUT2D eigenvalue weighted by Crippen LogP contribution is 2.39. The zero-order valence-corrected chi connectivity index (χ0v) is 21.9. The monoisotopic (exact) mass is 532 g/mol. The Labute approximate surface area is 224 Å². The molecule has 0 aliphatic carbocycles. The van der Waals surface area contributed by atoms with Crippen molar-refractivity contribution in [2.24, 2.45) is 10.1 Å². The Balaban J connectivity index is 1.35. The molecule has 188 valence electrons. The lowest BCUT2D eigenvalue weighted by Crippen LogP contribution is -2.25. The molecule has 2 atom stereocenters. The first kappa shape index (κ1) is 25.0. The number of nitrogens with zero attached hydrogens (tertiary/aromatic N) is 3. The van der Waals surface area contributed by atoms with Gasteiger partial charge in [-0.2, -0.15) is 10.1 Å². The second-order valence-corrected chi connectivity index (χ2v) is 10.5. The van der Waals surface area contributed by atoms with Gasteiger partial charge < -0.3 is 10.1 Å². The summed E-state index contributed by atoms with van der Waals surface area (Å²) in [5.41, 5.74) is 4.64. The van der Waals surface area contributed by atoms with E-state index in [4.69, 9.17) is 21.4 Å². The molecule has 0 aromatic heterocycles. The molecule has 37 heavy (non-hydrogen) atoms. The SMILES string of the molecule is COc1ccc([C@@H]2CC(c3ccc(Cl)cc3)=NN2C2=NC(=O)[C@H](CC(=O)Nc3ccc(C)cc3)S2)cc1. The standard InChI is InChI=1S/C28H25ClN4O3S/c1-17-3-11-21(12-4-17)30-26(34)16-25-27(35)31-28(37-25)33-24(19-7-13-22(36-2)14-8-19)15-23(32-33)18-5-9-20(29)10-6-18/h3-14,24-25H,15-16H2,1-2H3,(H,30,34)/t24-,25-/m0/s1. The summed E-state index contributed by atoms with van der Waals surface area (Å²) in [5, 5.41) is 10.1. The van der Waals surface area contributed by atoms with Crippen LogP contribution in [0.1, 0.15) is 35.6 Å². The zero-order chi connectivity index (χ0) is 25.9. The molecular weight excluding hydrogens is 508 g/mol. The lowest BCUT2D eigenvalue weighted by molar-refractivity contribution is -0.121. The van der Waals surface area contributed by atoms with Crippen molar-refractivity contribution in [1.29, 1.82) is 0 Å². The molecule has 5 rings (SSSR count). The topological polar surface area (TPSA) is 83.4 Å². The number of nitrogens with one attached hydrogen (secondary N) is 1. The predicted molar refractivity (Wildman–Crippen MR) is 148 cm³/mol. The third-order valence-corrected chi connectivity index (χ3v) is 7.61. The highest BCUT2D eigenvalue weighted by atomic mass is 35.5. The average Bonchev–Trinajstić information content (AvgIpc) is 3.50. The van der Waals surface area contributed by atoms with Gasteiger partial charge in [0.05, 0.1) is 18.9 Å². The Morgan fingerprint density at radius 1 is 1.08 bits per heavy atom. The Kier molecular flexibility index (Phi) is 7.30. The Bertz CT molecular complexity index is 1370. The van der Waals surface area contributed by atoms with E-state index in [0.29, 0.717) is 22.3 Å². The van der Waals surface area contributed by atoms with Gasteiger partial charge in [0.25, 0.3) is 5.91 Å². The molecule has 0 spiro atoms. The van der Waals surface area contributed by atoms with Crippen LogP contribution in [0.2, 0.25) is 5.02 Å². The molecule has 0 saturated carbocycles. The first-order chi connectivity index (χ1) is 17.9. The van der Waals surface area contributed by atoms with E-state index in [0.717, 1.165) is 28.2 Å². The number of carbonyl (C=O) groups excluding carboxylic acids is 2. The number of methoxy groups -OCH3 is 1. The minimum absolute atomic E-state index is 0.0270. The van der Waals surface area contributed by atoms with Crippen LogP contribution in [0, 0.1) is 6.92 Å². The van der Waals surface area contributed by atoms with Crippen molar-refractivity contribution in [2.45, 2.75) is 31.1 Å². The number of anilines is 1. The van der Waals surface area contributed by atoms with Gasteiger partial charge in [-0.05, 0) is 54.4 Å². The van der Waals surface area contributed by atoms with Crippen molar-refractivity contribution < 1.29 is 14.3 Å². The number of aliphatic imine (C=N–C) groups is 1. The van der Waals surface area contributed by atoms with Crippen LogP contribution >= 0.6 is 23.4 Å². The number of ether oxygens (including phenoxy) is 1. The van der Waals surface area contributed by atoms with Gasteiger partial charge in [0.1, 0.15) is 11.0 Å². The number of hydrazone groups is 1. The van der Waals surface area contributed by atoms with Crippen LogP contribution < -0.4 is 10.1 Å². The Morgan fingerprint density at radius 3 is 2.46 bits per heavy atom. The maximum atomic E-state index is 12.8. The number of thioether (sulfide) groups is 1. The lowest BCUT2D eigenvalue weighted by atomic mass is 9.98. The number of rotatable bonds is 6. The summed E-state index contributed by atoms with van der Waals surface area (Å²) in [6.07, 6.45) is 0.652. The molecule has 7 nitrogen and oxygen atoms in total. The molecule has 2 aliphatic rings. The second kappa shape index (κ2) is 10.8. The first-order valence-corrected chi connectivity index (χ1v) is 13.1. The molecule has 2 heterocycles. The van der Waals surface area contributed by atoms with Crippen LogP contribution in [-0.2, 0) is 9.59 Å². The number of hydrogen-bond donors (Lipinski definition) is 1. The third-order valence-electron chi connectivity index (χ3n) is 6.22. The molecule has 1 N–H and O–H groups in total. The Hall–Kier alpha value is -3.62. The predicted octanol–water partition coefficient (Wildman–Crippen LogP) is 5.83. The molecule has 0 fully saturated rings. The molecule has 2 amide bonds. The van der Waals surface area contributed by atoms with Gasteiger partial charge in [-0.15, -0.1) is 0 Å². The van der Waals surface area contributed by atoms with Gasteiger partial charge in [-0.25, -0.2) is 5.01 Å². The van der Waals surface area contributed by atoms with Gasteiger partial charge in [-0.1, -0.05) is 65.3 Å². The summed E-state index contributed by atoms with van der Waals surface area (Å²) in [6, 6.07) is 22.7. The number of aryl methyl sites for hydroxylation is 1. The highest BCUT2D eigenvalue weighted by molar-refractivity contribution is 8.15. The fraction of sp³-hybridized carbons (Fsp3) is 0.214.